The number of aryl methyl sites for hydroxylation is 1. The number of carbonyl (C=O) groups is 1. The number of nitrogens with zero attached hydrogens (tertiary/aromatic N) is 2. The normalized spacial score (nSPS) is 12.1. The van der Waals surface area contributed by atoms with Crippen molar-refractivity contribution in [2.45, 2.75) is 30.6 Å². The second-order valence-corrected chi connectivity index (χ2v) is 7.07. The second-order valence-electron chi connectivity index (χ2n) is 5.65. The lowest BCUT2D eigenvalue weighted by molar-refractivity contribution is -0.144. The van der Waals surface area contributed by atoms with Crippen molar-refractivity contribution in [1.82, 2.24) is 9.38 Å². The van der Waals surface area contributed by atoms with Crippen LogP contribution in [0.3, 0.4) is 0 Å². The third-order valence-electron chi connectivity index (χ3n) is 3.69. The molecule has 0 aliphatic carbocycles. The van der Waals surface area contributed by atoms with Crippen LogP contribution in [0.4, 0.5) is 0 Å². The number of hydrogen-bond acceptors (Lipinski definition) is 5. The van der Waals surface area contributed by atoms with E-state index < -0.39 is 0 Å². The Morgan fingerprint density at radius 2 is 2.00 bits per heavy atom. The molecule has 5 nitrogen and oxygen atoms in total. The van der Waals surface area contributed by atoms with Gasteiger partial charge in [-0.25, -0.2) is 4.98 Å². The lowest BCUT2D eigenvalue weighted by atomic mass is 10.3. The van der Waals surface area contributed by atoms with Gasteiger partial charge in [0, 0.05) is 17.2 Å². The quantitative estimate of drug-likeness (QED) is 0.520. The molecule has 0 bridgehead atoms. The number of pyridine rings is 1. The first kappa shape index (κ1) is 17.2. The molecule has 0 aliphatic rings. The summed E-state index contributed by atoms with van der Waals surface area (Å²) in [5, 5.41) is -0.342. The van der Waals surface area contributed by atoms with Gasteiger partial charge in [0.15, 0.2) is 0 Å². The number of esters is 1. The fraction of sp³-hybridized carbons (Fsp3) is 0.211. The van der Waals surface area contributed by atoms with Gasteiger partial charge in [0.1, 0.15) is 17.5 Å². The van der Waals surface area contributed by atoms with Gasteiger partial charge in [0.05, 0.1) is 5.69 Å². The molecule has 6 heteroatoms. The molecule has 0 radical (unpaired) electrons. The number of carbonyl (C=O) groups excluding carboxylic acids is 1. The van der Waals surface area contributed by atoms with Crippen LogP contribution in [0.5, 0.6) is 0 Å². The van der Waals surface area contributed by atoms with E-state index in [0.717, 1.165) is 10.5 Å². The summed E-state index contributed by atoms with van der Waals surface area (Å²) in [6.07, 6.45) is 1.67. The minimum absolute atomic E-state index is 0.0153. The van der Waals surface area contributed by atoms with Crippen LogP contribution in [0.1, 0.15) is 18.2 Å². The Labute approximate surface area is 149 Å². The third kappa shape index (κ3) is 4.09. The Morgan fingerprint density at radius 1 is 1.24 bits per heavy atom. The van der Waals surface area contributed by atoms with Gasteiger partial charge in [-0.3, -0.25) is 14.0 Å². The number of ether oxygens (including phenoxy) is 1. The molecule has 0 aliphatic heterocycles. The van der Waals surface area contributed by atoms with Gasteiger partial charge in [0.25, 0.3) is 5.56 Å². The van der Waals surface area contributed by atoms with Crippen LogP contribution in [0.25, 0.3) is 5.65 Å². The number of aromatic nitrogens is 2. The molecule has 0 spiro atoms. The van der Waals surface area contributed by atoms with E-state index in [0.29, 0.717) is 11.3 Å². The highest BCUT2D eigenvalue weighted by Crippen LogP contribution is 2.23. The number of rotatable bonds is 5. The van der Waals surface area contributed by atoms with Crippen molar-refractivity contribution in [2.75, 3.05) is 0 Å². The molecular formula is C19H18N2O3S. The largest absolute Gasteiger partial charge is 0.458 e. The van der Waals surface area contributed by atoms with Gasteiger partial charge in [0.2, 0.25) is 0 Å². The van der Waals surface area contributed by atoms with Crippen LogP contribution in [0.2, 0.25) is 0 Å². The molecule has 2 aromatic heterocycles. The predicted octanol–water partition coefficient (Wildman–Crippen LogP) is 3.23. The van der Waals surface area contributed by atoms with Crippen molar-refractivity contribution in [3.05, 3.63) is 76.3 Å². The van der Waals surface area contributed by atoms with Crippen molar-refractivity contribution in [2.24, 2.45) is 0 Å². The maximum atomic E-state index is 12.2. The molecule has 0 unspecified atom stereocenters. The van der Waals surface area contributed by atoms with Crippen LogP contribution in [-0.4, -0.2) is 20.6 Å². The van der Waals surface area contributed by atoms with Gasteiger partial charge in [-0.15, -0.1) is 11.8 Å². The first-order chi connectivity index (χ1) is 12.0. The number of fused-ring (bicyclic) bond motifs is 1. The highest BCUT2D eigenvalue weighted by molar-refractivity contribution is 8.00. The maximum Gasteiger partial charge on any atom is 0.319 e. The minimum atomic E-state index is -0.342. The minimum Gasteiger partial charge on any atom is -0.458 e. The monoisotopic (exact) mass is 354 g/mol. The zero-order valence-electron chi connectivity index (χ0n) is 14.0. The van der Waals surface area contributed by atoms with Crippen LogP contribution in [-0.2, 0) is 16.1 Å². The Bertz CT molecular complexity index is 954. The highest BCUT2D eigenvalue weighted by Gasteiger charge is 2.16. The molecule has 0 fully saturated rings. The van der Waals surface area contributed by atoms with Crippen LogP contribution >= 0.6 is 11.8 Å². The summed E-state index contributed by atoms with van der Waals surface area (Å²) in [5.41, 5.74) is 1.73. The topological polar surface area (TPSA) is 60.7 Å². The molecule has 2 heterocycles. The highest BCUT2D eigenvalue weighted by atomic mass is 32.2. The number of hydrogen-bond donors (Lipinski definition) is 0. The molecule has 0 N–H and O–H groups in total. The fourth-order valence-corrected chi connectivity index (χ4v) is 3.28. The first-order valence-electron chi connectivity index (χ1n) is 7.91. The zero-order chi connectivity index (χ0) is 17.8. The third-order valence-corrected chi connectivity index (χ3v) is 4.78. The Balaban J connectivity index is 1.69. The molecule has 0 saturated carbocycles. The standard InChI is InChI=1S/C19H18N2O3S/c1-13-7-6-10-21-17(22)11-15(20-18(13)21)12-24-19(23)14(2)25-16-8-4-3-5-9-16/h3-11,14H,12H2,1-2H3/t14-/m1/s1. The molecular weight excluding hydrogens is 336 g/mol. The average molecular weight is 354 g/mol. The van der Waals surface area contributed by atoms with Crippen LogP contribution in [0, 0.1) is 6.92 Å². The Kier molecular flexibility index (Phi) is 5.19. The lowest BCUT2D eigenvalue weighted by Gasteiger charge is -2.11. The molecule has 25 heavy (non-hydrogen) atoms. The van der Waals surface area contributed by atoms with E-state index in [1.54, 1.807) is 19.2 Å². The average Bonchev–Trinajstić information content (AvgIpc) is 2.61. The summed E-state index contributed by atoms with van der Waals surface area (Å²) in [5.74, 6) is -0.333. The van der Waals surface area contributed by atoms with Crippen molar-refractivity contribution >= 4 is 23.4 Å². The van der Waals surface area contributed by atoms with Crippen LogP contribution < -0.4 is 5.56 Å². The van der Waals surface area contributed by atoms with Crippen molar-refractivity contribution in [3.63, 3.8) is 0 Å². The van der Waals surface area contributed by atoms with Crippen molar-refractivity contribution in [3.8, 4) is 0 Å². The summed E-state index contributed by atoms with van der Waals surface area (Å²) >= 11 is 1.43. The van der Waals surface area contributed by atoms with E-state index in [4.69, 9.17) is 4.74 Å². The maximum absolute atomic E-state index is 12.2. The van der Waals surface area contributed by atoms with E-state index in [1.165, 1.54) is 22.2 Å². The van der Waals surface area contributed by atoms with Gasteiger partial charge in [-0.05, 0) is 37.6 Å². The van der Waals surface area contributed by atoms with Crippen molar-refractivity contribution < 1.29 is 9.53 Å². The molecule has 3 rings (SSSR count). The molecule has 0 amide bonds. The summed E-state index contributed by atoms with van der Waals surface area (Å²) in [7, 11) is 0. The second kappa shape index (κ2) is 7.53. The zero-order valence-corrected chi connectivity index (χ0v) is 14.8. The van der Waals surface area contributed by atoms with Gasteiger partial charge in [-0.2, -0.15) is 0 Å². The SMILES string of the molecule is Cc1cccn2c(=O)cc(COC(=O)[C@@H](C)Sc3ccccc3)nc12. The summed E-state index contributed by atoms with van der Waals surface area (Å²) in [4.78, 5) is 29.8. The van der Waals surface area contributed by atoms with Gasteiger partial charge < -0.3 is 4.74 Å². The van der Waals surface area contributed by atoms with Gasteiger partial charge >= 0.3 is 5.97 Å². The number of thioether (sulfide) groups is 1. The van der Waals surface area contributed by atoms with Gasteiger partial charge in [-0.1, -0.05) is 24.3 Å². The van der Waals surface area contributed by atoms with E-state index in [1.807, 2.05) is 43.3 Å². The summed E-state index contributed by atoms with van der Waals surface area (Å²) < 4.78 is 6.82. The fourth-order valence-electron chi connectivity index (χ4n) is 2.40. The summed E-state index contributed by atoms with van der Waals surface area (Å²) in [6.45, 7) is 3.67. The van der Waals surface area contributed by atoms with Crippen LogP contribution in [0.15, 0.2) is 64.4 Å². The lowest BCUT2D eigenvalue weighted by Crippen LogP contribution is -2.20. The van der Waals surface area contributed by atoms with E-state index in [2.05, 4.69) is 4.98 Å². The van der Waals surface area contributed by atoms with E-state index in [9.17, 15) is 9.59 Å². The summed E-state index contributed by atoms with van der Waals surface area (Å²) in [6, 6.07) is 14.8. The molecule has 3 aromatic rings. The Hall–Kier alpha value is -2.60. The predicted molar refractivity (Wildman–Crippen MR) is 97.8 cm³/mol. The molecule has 1 atom stereocenters. The molecule has 128 valence electrons. The first-order valence-corrected chi connectivity index (χ1v) is 8.79. The Morgan fingerprint density at radius 3 is 2.76 bits per heavy atom. The van der Waals surface area contributed by atoms with E-state index >= 15 is 0 Å². The smallest absolute Gasteiger partial charge is 0.319 e. The molecule has 0 saturated heterocycles. The van der Waals surface area contributed by atoms with Crippen molar-refractivity contribution in [1.29, 1.82) is 0 Å². The number of benzene rings is 1. The van der Waals surface area contributed by atoms with E-state index in [-0.39, 0.29) is 23.4 Å². The molecule has 1 aromatic carbocycles.